The molecule has 4 aliphatic rings. The van der Waals surface area contributed by atoms with E-state index in [9.17, 15) is 32.3 Å². The maximum atomic E-state index is 12.6. The van der Waals surface area contributed by atoms with Gasteiger partial charge < -0.3 is 33.2 Å². The molecular weight excluding hydrogens is 449 g/mol. The van der Waals surface area contributed by atoms with Crippen molar-refractivity contribution in [3.8, 4) is 0 Å². The van der Waals surface area contributed by atoms with Gasteiger partial charge in [0.15, 0.2) is 18.8 Å². The number of esters is 4. The number of halogens is 3. The zero-order valence-corrected chi connectivity index (χ0v) is 16.2. The Labute approximate surface area is 177 Å². The van der Waals surface area contributed by atoms with Gasteiger partial charge in [-0.3, -0.25) is 9.59 Å². The average molecular weight is 466 g/mol. The third-order valence-electron chi connectivity index (χ3n) is 5.46. The van der Waals surface area contributed by atoms with Gasteiger partial charge in [-0.05, 0) is 0 Å². The molecule has 32 heavy (non-hydrogen) atoms. The molecule has 0 aliphatic carbocycles. The Hall–Kier alpha value is -2.71. The smallest absolute Gasteiger partial charge is 0.422 e. The molecule has 0 aromatic carbocycles. The molecule has 4 aliphatic heterocycles. The summed E-state index contributed by atoms with van der Waals surface area (Å²) in [5.74, 6) is -6.65. The van der Waals surface area contributed by atoms with E-state index in [4.69, 9.17) is 28.4 Å². The van der Waals surface area contributed by atoms with E-state index >= 15 is 0 Å². The maximum Gasteiger partial charge on any atom is 0.422 e. The monoisotopic (exact) mass is 466 g/mol. The summed E-state index contributed by atoms with van der Waals surface area (Å²) in [6, 6.07) is 0. The topological polar surface area (TPSA) is 133 Å². The van der Waals surface area contributed by atoms with E-state index in [1.165, 1.54) is 0 Å². The van der Waals surface area contributed by atoms with E-state index in [1.807, 2.05) is 0 Å². The summed E-state index contributed by atoms with van der Waals surface area (Å²) in [7, 11) is 0. The third-order valence-corrected chi connectivity index (χ3v) is 5.46. The van der Waals surface area contributed by atoms with Crippen LogP contribution in [-0.4, -0.2) is 87.2 Å². The molecule has 0 aromatic rings. The lowest BCUT2D eigenvalue weighted by Crippen LogP contribution is -2.48. The molecule has 14 heteroatoms. The number of carbonyl (C=O) groups excluding carboxylic acids is 4. The van der Waals surface area contributed by atoms with Crippen LogP contribution < -0.4 is 0 Å². The van der Waals surface area contributed by atoms with Crippen molar-refractivity contribution >= 4 is 23.9 Å². The Morgan fingerprint density at radius 3 is 2.53 bits per heavy atom. The number of ether oxygens (including phenoxy) is 7. The van der Waals surface area contributed by atoms with E-state index < -0.39 is 84.6 Å². The molecule has 4 heterocycles. The first-order valence-corrected chi connectivity index (χ1v) is 9.42. The van der Waals surface area contributed by atoms with Crippen LogP contribution in [-0.2, 0) is 52.3 Å². The van der Waals surface area contributed by atoms with E-state index in [1.54, 1.807) is 0 Å². The molecule has 0 spiro atoms. The number of hydrogen-bond acceptors (Lipinski definition) is 11. The first kappa shape index (κ1) is 22.5. The first-order valence-electron chi connectivity index (χ1n) is 9.42. The molecule has 11 nitrogen and oxygen atoms in total. The van der Waals surface area contributed by atoms with Crippen molar-refractivity contribution in [1.82, 2.24) is 0 Å². The largest absolute Gasteiger partial charge is 0.463 e. The van der Waals surface area contributed by atoms with Crippen molar-refractivity contribution in [3.05, 3.63) is 12.2 Å². The molecule has 0 radical (unpaired) electrons. The fourth-order valence-corrected chi connectivity index (χ4v) is 3.99. The molecule has 0 N–H and O–H groups in total. The second-order valence-corrected chi connectivity index (χ2v) is 7.43. The quantitative estimate of drug-likeness (QED) is 0.271. The standard InChI is InChI=1S/C18H17F3O11/c1-6(18(19,20)21)15(23)28-4-8(22)30-13-11-9(10-12(31-11)14(13)32-17(10)25)16(24)27-3-7-2-26-5-29-7/h7,9-14H,1-5H2. The second-order valence-electron chi connectivity index (χ2n) is 7.43. The van der Waals surface area contributed by atoms with Gasteiger partial charge in [0.2, 0.25) is 0 Å². The van der Waals surface area contributed by atoms with Gasteiger partial charge in [-0.25, -0.2) is 9.59 Å². The van der Waals surface area contributed by atoms with Crippen molar-refractivity contribution in [1.29, 1.82) is 0 Å². The lowest BCUT2D eigenvalue weighted by Gasteiger charge is -2.27. The molecule has 7 atom stereocenters. The second kappa shape index (κ2) is 8.33. The van der Waals surface area contributed by atoms with Crippen molar-refractivity contribution < 1.29 is 65.5 Å². The lowest BCUT2D eigenvalue weighted by atomic mass is 9.78. The maximum absolute atomic E-state index is 12.6. The summed E-state index contributed by atoms with van der Waals surface area (Å²) >= 11 is 0. The molecule has 7 unspecified atom stereocenters. The van der Waals surface area contributed by atoms with Gasteiger partial charge in [-0.2, -0.15) is 13.2 Å². The van der Waals surface area contributed by atoms with E-state index in [-0.39, 0.29) is 20.0 Å². The Bertz CT molecular complexity index is 835. The van der Waals surface area contributed by atoms with Crippen LogP contribution in [0.1, 0.15) is 0 Å². The number of alkyl halides is 3. The van der Waals surface area contributed by atoms with E-state index in [0.717, 1.165) is 0 Å². The summed E-state index contributed by atoms with van der Waals surface area (Å²) in [4.78, 5) is 48.2. The highest BCUT2D eigenvalue weighted by Crippen LogP contribution is 2.51. The van der Waals surface area contributed by atoms with Crippen molar-refractivity contribution in [3.63, 3.8) is 0 Å². The molecule has 0 saturated carbocycles. The molecule has 176 valence electrons. The van der Waals surface area contributed by atoms with Crippen LogP contribution in [0.4, 0.5) is 13.2 Å². The summed E-state index contributed by atoms with van der Waals surface area (Å²) in [6.45, 7) is 1.57. The molecule has 0 aromatic heterocycles. The van der Waals surface area contributed by atoms with Gasteiger partial charge in [0.05, 0.1) is 6.61 Å². The van der Waals surface area contributed by atoms with Gasteiger partial charge in [-0.1, -0.05) is 6.58 Å². The van der Waals surface area contributed by atoms with Crippen molar-refractivity contribution in [2.24, 2.45) is 11.8 Å². The predicted molar refractivity (Wildman–Crippen MR) is 88.2 cm³/mol. The van der Waals surface area contributed by atoms with Gasteiger partial charge in [0, 0.05) is 0 Å². The molecule has 2 bridgehead atoms. The Kier molecular flexibility index (Phi) is 5.85. The van der Waals surface area contributed by atoms with E-state index in [2.05, 4.69) is 11.3 Å². The Balaban J connectivity index is 1.36. The van der Waals surface area contributed by atoms with Crippen LogP contribution in [0.15, 0.2) is 12.2 Å². The average Bonchev–Trinajstić information content (AvgIpc) is 3.48. The van der Waals surface area contributed by atoms with Gasteiger partial charge in [0.1, 0.15) is 49.1 Å². The summed E-state index contributed by atoms with van der Waals surface area (Å²) in [6.07, 6.45) is -9.66. The van der Waals surface area contributed by atoms with Crippen LogP contribution in [0.25, 0.3) is 0 Å². The highest BCUT2D eigenvalue weighted by Gasteiger charge is 2.72. The molecule has 4 saturated heterocycles. The summed E-state index contributed by atoms with van der Waals surface area (Å²) in [5.41, 5.74) is -1.79. The molecule has 4 fully saturated rings. The Morgan fingerprint density at radius 2 is 1.88 bits per heavy atom. The van der Waals surface area contributed by atoms with Gasteiger partial charge >= 0.3 is 30.1 Å². The number of fused-ring (bicyclic) bond motifs is 1. The zero-order chi connectivity index (χ0) is 23.2. The fraction of sp³-hybridized carbons (Fsp3) is 0.667. The number of hydrogen-bond donors (Lipinski definition) is 0. The highest BCUT2D eigenvalue weighted by atomic mass is 19.4. The van der Waals surface area contributed by atoms with Crippen molar-refractivity contribution in [2.75, 3.05) is 26.6 Å². The van der Waals surface area contributed by atoms with Crippen molar-refractivity contribution in [2.45, 2.75) is 36.7 Å². The predicted octanol–water partition coefficient (Wildman–Crippen LogP) is -0.585. The normalized spacial score (nSPS) is 34.8. The van der Waals surface area contributed by atoms with Crippen LogP contribution in [0.2, 0.25) is 0 Å². The fourth-order valence-electron chi connectivity index (χ4n) is 3.99. The highest BCUT2D eigenvalue weighted by molar-refractivity contribution is 5.90. The Morgan fingerprint density at radius 1 is 1.12 bits per heavy atom. The van der Waals surface area contributed by atoms with Crippen LogP contribution in [0.3, 0.4) is 0 Å². The van der Waals surface area contributed by atoms with Crippen LogP contribution in [0.5, 0.6) is 0 Å². The first-order chi connectivity index (χ1) is 15.1. The minimum absolute atomic E-state index is 0.0645. The number of rotatable bonds is 7. The number of carbonyl (C=O) groups is 4. The molecule has 0 amide bonds. The van der Waals surface area contributed by atoms with Crippen LogP contribution >= 0.6 is 0 Å². The zero-order valence-electron chi connectivity index (χ0n) is 16.2. The van der Waals surface area contributed by atoms with Gasteiger partial charge in [0.25, 0.3) is 0 Å². The SMILES string of the molecule is C=C(C(=O)OCC(=O)OC1C2OC(=O)C3C2OC1C3C(=O)OCC1COCO1)C(F)(F)F. The minimum atomic E-state index is -5.02. The molecule has 4 rings (SSSR count). The minimum Gasteiger partial charge on any atom is -0.463 e. The third kappa shape index (κ3) is 4.04. The summed E-state index contributed by atoms with van der Waals surface area (Å²) in [5, 5.41) is 0. The lowest BCUT2D eigenvalue weighted by molar-refractivity contribution is -0.172. The van der Waals surface area contributed by atoms with Crippen LogP contribution in [0, 0.1) is 11.8 Å². The van der Waals surface area contributed by atoms with E-state index in [0.29, 0.717) is 0 Å². The molecular formula is C18H17F3O11. The summed E-state index contributed by atoms with van der Waals surface area (Å²) < 4.78 is 72.8. The van der Waals surface area contributed by atoms with Gasteiger partial charge in [-0.15, -0.1) is 0 Å².